The number of carbonyl (C=O) groups excluding carboxylic acids is 2. The zero-order valence-corrected chi connectivity index (χ0v) is 11.6. The molecule has 5 heteroatoms. The molecular formula is C15H18FNO3. The third-order valence-electron chi connectivity index (χ3n) is 3.46. The Hall–Kier alpha value is -1.91. The van der Waals surface area contributed by atoms with E-state index in [1.807, 2.05) is 13.8 Å². The second kappa shape index (κ2) is 6.03. The molecule has 0 bridgehead atoms. The van der Waals surface area contributed by atoms with Crippen LogP contribution >= 0.6 is 0 Å². The molecule has 0 N–H and O–H groups in total. The van der Waals surface area contributed by atoms with Crippen molar-refractivity contribution in [2.75, 3.05) is 6.61 Å². The van der Waals surface area contributed by atoms with Crippen LogP contribution in [0, 0.1) is 11.7 Å². The highest BCUT2D eigenvalue weighted by Gasteiger charge is 2.38. The number of rotatable bonds is 4. The number of halogens is 1. The molecule has 108 valence electrons. The summed E-state index contributed by atoms with van der Waals surface area (Å²) in [5.74, 6) is -0.439. The van der Waals surface area contributed by atoms with Crippen molar-refractivity contribution in [3.8, 4) is 0 Å². The Morgan fingerprint density at radius 2 is 2.25 bits per heavy atom. The fourth-order valence-electron chi connectivity index (χ4n) is 2.28. The molecule has 0 aromatic heterocycles. The summed E-state index contributed by atoms with van der Waals surface area (Å²) in [7, 11) is 0. The van der Waals surface area contributed by atoms with Gasteiger partial charge in [-0.2, -0.15) is 0 Å². The van der Waals surface area contributed by atoms with E-state index in [-0.39, 0.29) is 36.7 Å². The van der Waals surface area contributed by atoms with Crippen molar-refractivity contribution in [2.45, 2.75) is 32.7 Å². The summed E-state index contributed by atoms with van der Waals surface area (Å²) in [6.45, 7) is 4.14. The Balaban J connectivity index is 1.99. The van der Waals surface area contributed by atoms with Gasteiger partial charge in [-0.3, -0.25) is 4.79 Å². The molecule has 0 unspecified atom stereocenters. The van der Waals surface area contributed by atoms with Gasteiger partial charge in [0.15, 0.2) is 0 Å². The van der Waals surface area contributed by atoms with E-state index >= 15 is 0 Å². The number of ether oxygens (including phenoxy) is 1. The van der Waals surface area contributed by atoms with Gasteiger partial charge in [-0.1, -0.05) is 26.0 Å². The number of carbonyl (C=O) groups is 2. The normalized spacial score (nSPS) is 18.5. The number of amides is 2. The van der Waals surface area contributed by atoms with Crippen molar-refractivity contribution in [3.05, 3.63) is 35.6 Å². The Kier molecular flexibility index (Phi) is 4.37. The molecule has 1 aromatic carbocycles. The van der Waals surface area contributed by atoms with Crippen LogP contribution in [0.15, 0.2) is 24.3 Å². The number of nitrogens with zero attached hydrogens (tertiary/aromatic N) is 1. The molecule has 20 heavy (non-hydrogen) atoms. The Morgan fingerprint density at radius 1 is 1.50 bits per heavy atom. The standard InChI is InChI=1S/C15H18FNO3/c1-10(2)13-9-20-15(19)17(13)14(18)7-6-11-4-3-5-12(16)8-11/h3-5,8,10,13H,6-7,9H2,1-2H3/t13-/m1/s1. The van der Waals surface area contributed by atoms with E-state index in [1.165, 1.54) is 17.0 Å². The monoisotopic (exact) mass is 279 g/mol. The summed E-state index contributed by atoms with van der Waals surface area (Å²) in [4.78, 5) is 25.0. The topological polar surface area (TPSA) is 46.6 Å². The minimum absolute atomic E-state index is 0.152. The van der Waals surface area contributed by atoms with Crippen molar-refractivity contribution in [1.82, 2.24) is 4.90 Å². The van der Waals surface area contributed by atoms with E-state index in [0.29, 0.717) is 6.42 Å². The third-order valence-corrected chi connectivity index (χ3v) is 3.46. The predicted octanol–water partition coefficient (Wildman–Crippen LogP) is 2.76. The molecule has 0 saturated carbocycles. The van der Waals surface area contributed by atoms with Crippen molar-refractivity contribution >= 4 is 12.0 Å². The van der Waals surface area contributed by atoms with E-state index < -0.39 is 6.09 Å². The van der Waals surface area contributed by atoms with Gasteiger partial charge in [0.25, 0.3) is 0 Å². The minimum Gasteiger partial charge on any atom is -0.447 e. The van der Waals surface area contributed by atoms with Crippen LogP contribution in [0.4, 0.5) is 9.18 Å². The van der Waals surface area contributed by atoms with Gasteiger partial charge in [0.2, 0.25) is 5.91 Å². The maximum Gasteiger partial charge on any atom is 0.416 e. The number of benzene rings is 1. The summed E-state index contributed by atoms with van der Waals surface area (Å²) in [6.07, 6.45) is 0.000372. The molecule has 1 fully saturated rings. The van der Waals surface area contributed by atoms with Crippen LogP contribution in [-0.2, 0) is 16.0 Å². The Morgan fingerprint density at radius 3 is 2.90 bits per heavy atom. The maximum absolute atomic E-state index is 13.1. The summed E-state index contributed by atoms with van der Waals surface area (Å²) in [5, 5.41) is 0. The van der Waals surface area contributed by atoms with Crippen LogP contribution < -0.4 is 0 Å². The first-order valence-corrected chi connectivity index (χ1v) is 6.72. The highest BCUT2D eigenvalue weighted by atomic mass is 19.1. The van der Waals surface area contributed by atoms with E-state index in [0.717, 1.165) is 5.56 Å². The first-order chi connectivity index (χ1) is 9.49. The van der Waals surface area contributed by atoms with E-state index in [2.05, 4.69) is 0 Å². The molecule has 1 aliphatic rings. The Bertz CT molecular complexity index is 516. The first kappa shape index (κ1) is 14.5. The Labute approximate surface area is 117 Å². The van der Waals surface area contributed by atoms with Crippen LogP contribution in [0.2, 0.25) is 0 Å². The van der Waals surface area contributed by atoms with Crippen molar-refractivity contribution in [1.29, 1.82) is 0 Å². The fraction of sp³-hybridized carbons (Fsp3) is 0.467. The van der Waals surface area contributed by atoms with E-state index in [1.54, 1.807) is 12.1 Å². The SMILES string of the molecule is CC(C)[C@H]1COC(=O)N1C(=O)CCc1cccc(F)c1. The number of hydrogen-bond donors (Lipinski definition) is 0. The van der Waals surface area contributed by atoms with Crippen LogP contribution in [0.5, 0.6) is 0 Å². The molecule has 0 spiro atoms. The molecule has 0 aliphatic carbocycles. The predicted molar refractivity (Wildman–Crippen MR) is 71.5 cm³/mol. The molecule has 1 saturated heterocycles. The summed E-state index contributed by atoms with van der Waals surface area (Å²) in [6, 6.07) is 5.92. The zero-order chi connectivity index (χ0) is 14.7. The average molecular weight is 279 g/mol. The number of hydrogen-bond acceptors (Lipinski definition) is 3. The number of imide groups is 1. The van der Waals surface area contributed by atoms with Crippen molar-refractivity contribution in [3.63, 3.8) is 0 Å². The molecular weight excluding hydrogens is 261 g/mol. The smallest absolute Gasteiger partial charge is 0.416 e. The molecule has 2 amide bonds. The van der Waals surface area contributed by atoms with Crippen LogP contribution in [0.25, 0.3) is 0 Å². The maximum atomic E-state index is 13.1. The summed E-state index contributed by atoms with van der Waals surface area (Å²) < 4.78 is 18.0. The molecule has 1 heterocycles. The minimum atomic E-state index is -0.576. The van der Waals surface area contributed by atoms with E-state index in [9.17, 15) is 14.0 Å². The van der Waals surface area contributed by atoms with Crippen LogP contribution in [-0.4, -0.2) is 29.5 Å². The van der Waals surface area contributed by atoms with Crippen molar-refractivity contribution in [2.24, 2.45) is 5.92 Å². The van der Waals surface area contributed by atoms with Gasteiger partial charge in [-0.25, -0.2) is 14.1 Å². The first-order valence-electron chi connectivity index (χ1n) is 6.72. The van der Waals surface area contributed by atoms with Gasteiger partial charge in [0.05, 0.1) is 6.04 Å². The molecule has 1 atom stereocenters. The second-order valence-electron chi connectivity index (χ2n) is 5.28. The van der Waals surface area contributed by atoms with Crippen molar-refractivity contribution < 1.29 is 18.7 Å². The molecule has 2 rings (SSSR count). The van der Waals surface area contributed by atoms with Gasteiger partial charge in [-0.05, 0) is 30.0 Å². The highest BCUT2D eigenvalue weighted by molar-refractivity contribution is 5.93. The average Bonchev–Trinajstić information content (AvgIpc) is 2.78. The number of cyclic esters (lactones) is 1. The fourth-order valence-corrected chi connectivity index (χ4v) is 2.28. The van der Waals surface area contributed by atoms with Gasteiger partial charge in [0.1, 0.15) is 12.4 Å². The lowest BCUT2D eigenvalue weighted by molar-refractivity contribution is -0.129. The third kappa shape index (κ3) is 3.15. The largest absolute Gasteiger partial charge is 0.447 e. The molecule has 1 aromatic rings. The van der Waals surface area contributed by atoms with Gasteiger partial charge >= 0.3 is 6.09 Å². The van der Waals surface area contributed by atoms with Gasteiger partial charge in [0, 0.05) is 6.42 Å². The lowest BCUT2D eigenvalue weighted by Gasteiger charge is -2.22. The molecule has 1 aliphatic heterocycles. The van der Waals surface area contributed by atoms with Crippen LogP contribution in [0.3, 0.4) is 0 Å². The number of aryl methyl sites for hydroxylation is 1. The zero-order valence-electron chi connectivity index (χ0n) is 11.6. The lowest BCUT2D eigenvalue weighted by atomic mass is 10.0. The highest BCUT2D eigenvalue weighted by Crippen LogP contribution is 2.21. The van der Waals surface area contributed by atoms with Gasteiger partial charge < -0.3 is 4.74 Å². The molecule has 4 nitrogen and oxygen atoms in total. The summed E-state index contributed by atoms with van der Waals surface area (Å²) in [5.41, 5.74) is 0.743. The lowest BCUT2D eigenvalue weighted by Crippen LogP contribution is -2.41. The quantitative estimate of drug-likeness (QED) is 0.851. The van der Waals surface area contributed by atoms with Crippen LogP contribution in [0.1, 0.15) is 25.8 Å². The molecule has 0 radical (unpaired) electrons. The van der Waals surface area contributed by atoms with E-state index in [4.69, 9.17) is 4.74 Å². The second-order valence-corrected chi connectivity index (χ2v) is 5.28. The summed E-state index contributed by atoms with van der Waals surface area (Å²) >= 11 is 0. The van der Waals surface area contributed by atoms with Gasteiger partial charge in [-0.15, -0.1) is 0 Å².